The van der Waals surface area contributed by atoms with Gasteiger partial charge >= 0.3 is 0 Å². The van der Waals surface area contributed by atoms with Crippen molar-refractivity contribution in [3.05, 3.63) is 35.4 Å². The summed E-state index contributed by atoms with van der Waals surface area (Å²) in [5, 5.41) is 1.78. The molecule has 0 fully saturated rings. The molecule has 0 amide bonds. The topological polar surface area (TPSA) is 16.1 Å². The van der Waals surface area contributed by atoms with E-state index in [0.29, 0.717) is 0 Å². The highest BCUT2D eigenvalue weighted by molar-refractivity contribution is 6.35. The van der Waals surface area contributed by atoms with E-state index in [0.717, 1.165) is 34.8 Å². The van der Waals surface area contributed by atoms with E-state index in [1.54, 1.807) is 0 Å². The Morgan fingerprint density at radius 3 is 2.56 bits per heavy atom. The molecule has 0 saturated heterocycles. The Morgan fingerprint density at radius 1 is 1.19 bits per heavy atom. The molecule has 0 unspecified atom stereocenters. The van der Waals surface area contributed by atoms with Gasteiger partial charge in [-0.3, -0.25) is 0 Å². The standard InChI is InChI=1S/C13H15ClN2/c1-3-16(4-2)13-9-11(14)10-7-5-6-8-12(10)15-13/h5-9H,3-4H2,1-2H3. The lowest BCUT2D eigenvalue weighted by Crippen LogP contribution is -2.22. The van der Waals surface area contributed by atoms with Crippen molar-refractivity contribution in [2.45, 2.75) is 13.8 Å². The fraction of sp³-hybridized carbons (Fsp3) is 0.308. The van der Waals surface area contributed by atoms with Gasteiger partial charge < -0.3 is 4.90 Å². The van der Waals surface area contributed by atoms with Crippen LogP contribution < -0.4 is 4.90 Å². The summed E-state index contributed by atoms with van der Waals surface area (Å²) >= 11 is 6.25. The summed E-state index contributed by atoms with van der Waals surface area (Å²) in [5.74, 6) is 0.953. The molecule has 1 heterocycles. The van der Waals surface area contributed by atoms with Crippen LogP contribution in [0.2, 0.25) is 5.02 Å². The molecule has 2 nitrogen and oxygen atoms in total. The van der Waals surface area contributed by atoms with Crippen molar-refractivity contribution in [1.29, 1.82) is 0 Å². The molecule has 3 heteroatoms. The molecule has 0 bridgehead atoms. The fourth-order valence-corrected chi connectivity index (χ4v) is 2.09. The van der Waals surface area contributed by atoms with Gasteiger partial charge in [-0.25, -0.2) is 4.98 Å². The van der Waals surface area contributed by atoms with Crippen molar-refractivity contribution in [1.82, 2.24) is 4.98 Å². The second-order valence-corrected chi connectivity index (χ2v) is 4.06. The zero-order chi connectivity index (χ0) is 11.5. The van der Waals surface area contributed by atoms with Crippen LogP contribution in [0.25, 0.3) is 10.9 Å². The zero-order valence-electron chi connectivity index (χ0n) is 9.57. The fourth-order valence-electron chi connectivity index (χ4n) is 1.83. The molecule has 0 aliphatic heterocycles. The van der Waals surface area contributed by atoms with Gasteiger partial charge in [0.25, 0.3) is 0 Å². The Morgan fingerprint density at radius 2 is 1.88 bits per heavy atom. The van der Waals surface area contributed by atoms with Crippen molar-refractivity contribution in [2.24, 2.45) is 0 Å². The van der Waals surface area contributed by atoms with Crippen LogP contribution in [0.5, 0.6) is 0 Å². The van der Waals surface area contributed by atoms with E-state index >= 15 is 0 Å². The number of pyridine rings is 1. The van der Waals surface area contributed by atoms with Crippen LogP contribution >= 0.6 is 11.6 Å². The quantitative estimate of drug-likeness (QED) is 0.805. The van der Waals surface area contributed by atoms with Gasteiger partial charge in [0, 0.05) is 18.5 Å². The minimum Gasteiger partial charge on any atom is -0.357 e. The third kappa shape index (κ3) is 1.98. The summed E-state index contributed by atoms with van der Waals surface area (Å²) in [4.78, 5) is 6.81. The van der Waals surface area contributed by atoms with Crippen LogP contribution in [-0.4, -0.2) is 18.1 Å². The predicted molar refractivity (Wildman–Crippen MR) is 70.3 cm³/mol. The largest absolute Gasteiger partial charge is 0.357 e. The maximum atomic E-state index is 6.25. The van der Waals surface area contributed by atoms with Gasteiger partial charge in [0.05, 0.1) is 10.5 Å². The highest BCUT2D eigenvalue weighted by Gasteiger charge is 2.07. The normalized spacial score (nSPS) is 10.7. The van der Waals surface area contributed by atoms with Crippen LogP contribution in [0.3, 0.4) is 0 Å². The average Bonchev–Trinajstić information content (AvgIpc) is 2.31. The van der Waals surface area contributed by atoms with Crippen LogP contribution in [0.4, 0.5) is 5.82 Å². The number of para-hydroxylation sites is 1. The number of rotatable bonds is 3. The molecule has 84 valence electrons. The van der Waals surface area contributed by atoms with Gasteiger partial charge in [-0.05, 0) is 26.0 Å². The molecule has 2 rings (SSSR count). The molecule has 16 heavy (non-hydrogen) atoms. The van der Waals surface area contributed by atoms with E-state index in [1.807, 2.05) is 30.3 Å². The number of anilines is 1. The van der Waals surface area contributed by atoms with E-state index in [2.05, 4.69) is 23.7 Å². The molecule has 0 spiro atoms. The summed E-state index contributed by atoms with van der Waals surface area (Å²) in [7, 11) is 0. The Bertz CT molecular complexity index is 492. The SMILES string of the molecule is CCN(CC)c1cc(Cl)c2ccccc2n1. The van der Waals surface area contributed by atoms with Gasteiger partial charge in [0.15, 0.2) is 0 Å². The lowest BCUT2D eigenvalue weighted by molar-refractivity contribution is 0.850. The first-order valence-electron chi connectivity index (χ1n) is 5.56. The summed E-state index contributed by atoms with van der Waals surface area (Å²) < 4.78 is 0. The first-order chi connectivity index (χ1) is 7.76. The summed E-state index contributed by atoms with van der Waals surface area (Å²) in [6, 6.07) is 9.90. The smallest absolute Gasteiger partial charge is 0.130 e. The third-order valence-corrected chi connectivity index (χ3v) is 3.05. The highest BCUT2D eigenvalue weighted by atomic mass is 35.5. The molecular weight excluding hydrogens is 220 g/mol. The minimum atomic E-state index is 0.771. The van der Waals surface area contributed by atoms with Crippen molar-refractivity contribution >= 4 is 28.3 Å². The number of benzene rings is 1. The van der Waals surface area contributed by atoms with E-state index in [4.69, 9.17) is 11.6 Å². The molecule has 0 N–H and O–H groups in total. The molecule has 1 aromatic carbocycles. The average molecular weight is 235 g/mol. The van der Waals surface area contributed by atoms with Crippen molar-refractivity contribution in [3.63, 3.8) is 0 Å². The first-order valence-corrected chi connectivity index (χ1v) is 5.94. The first kappa shape index (κ1) is 11.2. The minimum absolute atomic E-state index is 0.771. The number of nitrogens with zero attached hydrogens (tertiary/aromatic N) is 2. The lowest BCUT2D eigenvalue weighted by atomic mass is 10.2. The zero-order valence-corrected chi connectivity index (χ0v) is 10.3. The number of hydrogen-bond acceptors (Lipinski definition) is 2. The van der Waals surface area contributed by atoms with E-state index < -0.39 is 0 Å². The van der Waals surface area contributed by atoms with E-state index in [9.17, 15) is 0 Å². The van der Waals surface area contributed by atoms with Crippen LogP contribution in [-0.2, 0) is 0 Å². The van der Waals surface area contributed by atoms with Crippen LogP contribution in [0.15, 0.2) is 30.3 Å². The highest BCUT2D eigenvalue weighted by Crippen LogP contribution is 2.26. The number of halogens is 1. The monoisotopic (exact) mass is 234 g/mol. The van der Waals surface area contributed by atoms with Crippen molar-refractivity contribution in [2.75, 3.05) is 18.0 Å². The maximum Gasteiger partial charge on any atom is 0.130 e. The van der Waals surface area contributed by atoms with Gasteiger partial charge in [-0.2, -0.15) is 0 Å². The maximum absolute atomic E-state index is 6.25. The van der Waals surface area contributed by atoms with E-state index in [1.165, 1.54) is 0 Å². The number of fused-ring (bicyclic) bond motifs is 1. The molecule has 0 saturated carbocycles. The second kappa shape index (κ2) is 4.71. The Balaban J connectivity index is 2.57. The summed E-state index contributed by atoms with van der Waals surface area (Å²) in [6.45, 7) is 6.12. The van der Waals surface area contributed by atoms with Crippen molar-refractivity contribution in [3.8, 4) is 0 Å². The molecule has 0 aliphatic rings. The number of aromatic nitrogens is 1. The third-order valence-electron chi connectivity index (χ3n) is 2.74. The molecular formula is C13H15ClN2. The van der Waals surface area contributed by atoms with Crippen molar-refractivity contribution < 1.29 is 0 Å². The summed E-state index contributed by atoms with van der Waals surface area (Å²) in [6.07, 6.45) is 0. The predicted octanol–water partition coefficient (Wildman–Crippen LogP) is 3.73. The summed E-state index contributed by atoms with van der Waals surface area (Å²) in [5.41, 5.74) is 0.955. The molecule has 0 radical (unpaired) electrons. The Labute approximate surface area is 101 Å². The van der Waals surface area contributed by atoms with Crippen LogP contribution in [0.1, 0.15) is 13.8 Å². The number of hydrogen-bond donors (Lipinski definition) is 0. The van der Waals surface area contributed by atoms with Gasteiger partial charge in [-0.1, -0.05) is 29.8 Å². The Kier molecular flexibility index (Phi) is 3.30. The Hall–Kier alpha value is -1.28. The molecule has 1 aromatic heterocycles. The van der Waals surface area contributed by atoms with Gasteiger partial charge in [-0.15, -0.1) is 0 Å². The molecule has 0 atom stereocenters. The lowest BCUT2D eigenvalue weighted by Gasteiger charge is -2.20. The molecule has 0 aliphatic carbocycles. The second-order valence-electron chi connectivity index (χ2n) is 3.65. The van der Waals surface area contributed by atoms with Crippen LogP contribution in [0, 0.1) is 0 Å². The molecule has 2 aromatic rings. The van der Waals surface area contributed by atoms with Gasteiger partial charge in [0.2, 0.25) is 0 Å². The van der Waals surface area contributed by atoms with Gasteiger partial charge in [0.1, 0.15) is 5.82 Å². The van der Waals surface area contributed by atoms with E-state index in [-0.39, 0.29) is 0 Å².